The summed E-state index contributed by atoms with van der Waals surface area (Å²) in [6, 6.07) is 0. The van der Waals surface area contributed by atoms with Gasteiger partial charge in [0.25, 0.3) is 0 Å². The van der Waals surface area contributed by atoms with Crippen molar-refractivity contribution in [2.24, 2.45) is 0 Å². The van der Waals surface area contributed by atoms with Crippen LogP contribution in [0.5, 0.6) is 0 Å². The van der Waals surface area contributed by atoms with E-state index in [0.29, 0.717) is 0 Å². The highest BCUT2D eigenvalue weighted by atomic mass is 32.2. The van der Waals surface area contributed by atoms with E-state index in [1.54, 1.807) is 4.91 Å². The SMILES string of the molecule is CCC/C=C(/CCCCCCC)SCC. The van der Waals surface area contributed by atoms with Gasteiger partial charge in [0.2, 0.25) is 0 Å². The quantitative estimate of drug-likeness (QED) is 0.427. The molecule has 0 aliphatic carbocycles. The van der Waals surface area contributed by atoms with Gasteiger partial charge >= 0.3 is 0 Å². The van der Waals surface area contributed by atoms with E-state index in [2.05, 4.69) is 26.8 Å². The lowest BCUT2D eigenvalue weighted by Crippen LogP contribution is -1.83. The minimum atomic E-state index is 1.23. The molecule has 0 aromatic heterocycles. The summed E-state index contributed by atoms with van der Waals surface area (Å²) in [5, 5.41) is 0. The summed E-state index contributed by atoms with van der Waals surface area (Å²) < 4.78 is 0. The molecular formula is C14H28S. The molecule has 1 heteroatoms. The summed E-state index contributed by atoms with van der Waals surface area (Å²) in [5.41, 5.74) is 0. The fourth-order valence-corrected chi connectivity index (χ4v) is 2.52. The number of allylic oxidation sites excluding steroid dienone is 2. The van der Waals surface area contributed by atoms with Crippen LogP contribution in [-0.2, 0) is 0 Å². The normalized spacial score (nSPS) is 12.1. The average Bonchev–Trinajstić information content (AvgIpc) is 2.25. The zero-order valence-electron chi connectivity index (χ0n) is 10.8. The monoisotopic (exact) mass is 228 g/mol. The molecule has 0 heterocycles. The van der Waals surface area contributed by atoms with E-state index in [1.165, 1.54) is 57.1 Å². The molecule has 0 N–H and O–H groups in total. The van der Waals surface area contributed by atoms with Gasteiger partial charge < -0.3 is 0 Å². The molecule has 0 fully saturated rings. The summed E-state index contributed by atoms with van der Waals surface area (Å²) >= 11 is 2.04. The van der Waals surface area contributed by atoms with Gasteiger partial charge in [-0.05, 0) is 29.9 Å². The number of rotatable bonds is 10. The maximum atomic E-state index is 2.45. The zero-order valence-corrected chi connectivity index (χ0v) is 11.7. The van der Waals surface area contributed by atoms with Crippen molar-refractivity contribution in [2.45, 2.75) is 72.1 Å². The first-order valence-electron chi connectivity index (χ1n) is 6.66. The second kappa shape index (κ2) is 12.2. The van der Waals surface area contributed by atoms with Crippen LogP contribution in [0.1, 0.15) is 72.1 Å². The molecule has 0 saturated heterocycles. The smallest absolute Gasteiger partial charge is 0.00518 e. The van der Waals surface area contributed by atoms with Crippen molar-refractivity contribution in [1.82, 2.24) is 0 Å². The van der Waals surface area contributed by atoms with E-state index in [1.807, 2.05) is 11.8 Å². The highest BCUT2D eigenvalue weighted by Gasteiger charge is 1.97. The van der Waals surface area contributed by atoms with Gasteiger partial charge in [-0.3, -0.25) is 0 Å². The van der Waals surface area contributed by atoms with Crippen LogP contribution in [0.25, 0.3) is 0 Å². The Hall–Kier alpha value is 0.0900. The van der Waals surface area contributed by atoms with Crippen LogP contribution in [0.3, 0.4) is 0 Å². The maximum absolute atomic E-state index is 2.45. The van der Waals surface area contributed by atoms with Crippen molar-refractivity contribution >= 4 is 11.8 Å². The van der Waals surface area contributed by atoms with E-state index >= 15 is 0 Å². The van der Waals surface area contributed by atoms with Crippen molar-refractivity contribution in [2.75, 3.05) is 5.75 Å². The Labute approximate surface area is 101 Å². The highest BCUT2D eigenvalue weighted by molar-refractivity contribution is 8.03. The Kier molecular flexibility index (Phi) is 12.2. The average molecular weight is 228 g/mol. The van der Waals surface area contributed by atoms with Gasteiger partial charge in [-0.15, -0.1) is 11.8 Å². The van der Waals surface area contributed by atoms with E-state index in [4.69, 9.17) is 0 Å². The van der Waals surface area contributed by atoms with E-state index < -0.39 is 0 Å². The van der Waals surface area contributed by atoms with Crippen LogP contribution in [-0.4, -0.2) is 5.75 Å². The molecule has 0 spiro atoms. The maximum Gasteiger partial charge on any atom is -0.00518 e. The molecule has 15 heavy (non-hydrogen) atoms. The Morgan fingerprint density at radius 1 is 0.933 bits per heavy atom. The fraction of sp³-hybridized carbons (Fsp3) is 0.857. The van der Waals surface area contributed by atoms with Crippen LogP contribution >= 0.6 is 11.8 Å². The molecule has 0 atom stereocenters. The molecule has 0 saturated carbocycles. The van der Waals surface area contributed by atoms with Crippen LogP contribution in [0.15, 0.2) is 11.0 Å². The minimum absolute atomic E-state index is 1.23. The van der Waals surface area contributed by atoms with Gasteiger partial charge in [0, 0.05) is 0 Å². The topological polar surface area (TPSA) is 0 Å². The number of thioether (sulfide) groups is 1. The Morgan fingerprint density at radius 2 is 1.67 bits per heavy atom. The van der Waals surface area contributed by atoms with Gasteiger partial charge in [-0.2, -0.15) is 0 Å². The predicted molar refractivity (Wildman–Crippen MR) is 74.5 cm³/mol. The molecule has 0 nitrogen and oxygen atoms in total. The predicted octanol–water partition coefficient (Wildman–Crippen LogP) is 5.78. The molecule has 0 rings (SSSR count). The second-order valence-electron chi connectivity index (χ2n) is 4.06. The molecule has 0 aliphatic rings. The molecule has 0 aliphatic heterocycles. The van der Waals surface area contributed by atoms with Crippen molar-refractivity contribution in [3.63, 3.8) is 0 Å². The van der Waals surface area contributed by atoms with Crippen LogP contribution in [0, 0.1) is 0 Å². The Morgan fingerprint density at radius 3 is 2.27 bits per heavy atom. The third-order valence-corrected chi connectivity index (χ3v) is 3.55. The van der Waals surface area contributed by atoms with Crippen LogP contribution in [0.4, 0.5) is 0 Å². The fourth-order valence-electron chi connectivity index (χ4n) is 1.63. The van der Waals surface area contributed by atoms with Gasteiger partial charge in [0.05, 0.1) is 0 Å². The van der Waals surface area contributed by atoms with Crippen molar-refractivity contribution in [3.8, 4) is 0 Å². The lowest BCUT2D eigenvalue weighted by atomic mass is 10.1. The van der Waals surface area contributed by atoms with Crippen molar-refractivity contribution < 1.29 is 0 Å². The van der Waals surface area contributed by atoms with Gasteiger partial charge in [0.15, 0.2) is 0 Å². The van der Waals surface area contributed by atoms with E-state index in [-0.39, 0.29) is 0 Å². The number of unbranched alkanes of at least 4 members (excludes halogenated alkanes) is 5. The number of hydrogen-bond donors (Lipinski definition) is 0. The molecule has 90 valence electrons. The molecule has 0 unspecified atom stereocenters. The molecule has 0 bridgehead atoms. The van der Waals surface area contributed by atoms with Gasteiger partial charge in [-0.25, -0.2) is 0 Å². The van der Waals surface area contributed by atoms with Crippen LogP contribution < -0.4 is 0 Å². The molecule has 0 amide bonds. The van der Waals surface area contributed by atoms with E-state index in [0.717, 1.165) is 0 Å². The van der Waals surface area contributed by atoms with E-state index in [9.17, 15) is 0 Å². The summed E-state index contributed by atoms with van der Waals surface area (Å²) in [7, 11) is 0. The van der Waals surface area contributed by atoms with Gasteiger partial charge in [-0.1, -0.05) is 59.0 Å². The first-order valence-corrected chi connectivity index (χ1v) is 7.65. The lowest BCUT2D eigenvalue weighted by molar-refractivity contribution is 0.635. The third kappa shape index (κ3) is 10.4. The van der Waals surface area contributed by atoms with Crippen molar-refractivity contribution in [3.05, 3.63) is 11.0 Å². The second-order valence-corrected chi connectivity index (χ2v) is 5.45. The van der Waals surface area contributed by atoms with Crippen LogP contribution in [0.2, 0.25) is 0 Å². The van der Waals surface area contributed by atoms with Crippen molar-refractivity contribution in [1.29, 1.82) is 0 Å². The molecular weight excluding hydrogens is 200 g/mol. The highest BCUT2D eigenvalue weighted by Crippen LogP contribution is 2.23. The summed E-state index contributed by atoms with van der Waals surface area (Å²) in [6.07, 6.45) is 13.3. The van der Waals surface area contributed by atoms with Gasteiger partial charge in [0.1, 0.15) is 0 Å². The largest absolute Gasteiger partial charge is 0.131 e. The summed E-state index contributed by atoms with van der Waals surface area (Å²) in [4.78, 5) is 1.64. The first-order chi connectivity index (χ1) is 7.35. The summed E-state index contributed by atoms with van der Waals surface area (Å²) in [5.74, 6) is 1.23. The minimum Gasteiger partial charge on any atom is -0.131 e. The number of hydrogen-bond acceptors (Lipinski definition) is 1. The third-order valence-electron chi connectivity index (χ3n) is 2.52. The summed E-state index contributed by atoms with van der Waals surface area (Å²) in [6.45, 7) is 6.78. The standard InChI is InChI=1S/C14H28S/c1-4-7-9-10-11-13-14(15-6-3)12-8-5-2/h12H,4-11,13H2,1-3H3/b14-12-. The Balaban J connectivity index is 3.56. The lowest BCUT2D eigenvalue weighted by Gasteiger charge is -2.05. The molecule has 0 aromatic carbocycles. The molecule has 0 radical (unpaired) electrons. The zero-order chi connectivity index (χ0) is 11.4. The first kappa shape index (κ1) is 15.1. The molecule has 0 aromatic rings. The Bertz CT molecular complexity index is 149.